The topological polar surface area (TPSA) is 46.2 Å². The zero-order valence-corrected chi connectivity index (χ0v) is 9.93. The van der Waals surface area contributed by atoms with Crippen LogP contribution < -0.4 is 5.73 Å². The highest BCUT2D eigenvalue weighted by Crippen LogP contribution is 2.29. The molecule has 0 aliphatic heterocycles. The summed E-state index contributed by atoms with van der Waals surface area (Å²) in [7, 11) is 0. The van der Waals surface area contributed by atoms with Gasteiger partial charge in [-0.25, -0.2) is 0 Å². The smallest absolute Gasteiger partial charge is 0.115 e. The van der Waals surface area contributed by atoms with E-state index in [2.05, 4.69) is 19.1 Å². The molecule has 0 aromatic heterocycles. The Morgan fingerprint density at radius 1 is 0.941 bits per heavy atom. The molecule has 2 aromatic rings. The average Bonchev–Trinajstić information content (AvgIpc) is 2.35. The fourth-order valence-electron chi connectivity index (χ4n) is 2.10. The van der Waals surface area contributed by atoms with E-state index in [1.165, 1.54) is 11.1 Å². The van der Waals surface area contributed by atoms with Crippen molar-refractivity contribution in [2.45, 2.75) is 19.3 Å². The van der Waals surface area contributed by atoms with Crippen LogP contribution in [0.25, 0.3) is 0 Å². The summed E-state index contributed by atoms with van der Waals surface area (Å²) in [4.78, 5) is 0. The third kappa shape index (κ3) is 2.59. The highest BCUT2D eigenvalue weighted by molar-refractivity contribution is 5.43. The Labute approximate surface area is 102 Å². The molecule has 1 unspecified atom stereocenters. The van der Waals surface area contributed by atoms with Crippen LogP contribution in [-0.4, -0.2) is 5.11 Å². The van der Waals surface area contributed by atoms with Crippen molar-refractivity contribution in [3.63, 3.8) is 0 Å². The summed E-state index contributed by atoms with van der Waals surface area (Å²) in [5.74, 6) is 0.664. The van der Waals surface area contributed by atoms with Crippen LogP contribution in [0.2, 0.25) is 0 Å². The lowest BCUT2D eigenvalue weighted by Gasteiger charge is -2.16. The van der Waals surface area contributed by atoms with Gasteiger partial charge in [-0.2, -0.15) is 0 Å². The van der Waals surface area contributed by atoms with E-state index >= 15 is 0 Å². The van der Waals surface area contributed by atoms with Crippen molar-refractivity contribution in [3.05, 3.63) is 59.7 Å². The molecule has 2 nitrogen and oxygen atoms in total. The van der Waals surface area contributed by atoms with E-state index in [9.17, 15) is 5.11 Å². The lowest BCUT2D eigenvalue weighted by Crippen LogP contribution is -1.99. The molecule has 3 N–H and O–H groups in total. The molecule has 88 valence electrons. The van der Waals surface area contributed by atoms with E-state index in [1.807, 2.05) is 24.3 Å². The molecule has 0 amide bonds. The molecule has 1 atom stereocenters. The van der Waals surface area contributed by atoms with Gasteiger partial charge in [-0.05, 0) is 41.8 Å². The molecule has 0 saturated carbocycles. The third-order valence-corrected chi connectivity index (χ3v) is 3.04. The van der Waals surface area contributed by atoms with E-state index < -0.39 is 0 Å². The van der Waals surface area contributed by atoms with Gasteiger partial charge in [-0.3, -0.25) is 0 Å². The van der Waals surface area contributed by atoms with E-state index in [4.69, 9.17) is 5.73 Å². The van der Waals surface area contributed by atoms with Crippen molar-refractivity contribution in [3.8, 4) is 5.75 Å². The first-order chi connectivity index (χ1) is 8.20. The average molecular weight is 227 g/mol. The molecule has 0 aliphatic rings. The second kappa shape index (κ2) is 4.91. The Kier molecular flexibility index (Phi) is 3.33. The van der Waals surface area contributed by atoms with Crippen LogP contribution in [0.1, 0.15) is 30.4 Å². The molecule has 2 aromatic carbocycles. The van der Waals surface area contributed by atoms with Gasteiger partial charge in [0.1, 0.15) is 5.75 Å². The Morgan fingerprint density at radius 2 is 1.41 bits per heavy atom. The number of rotatable bonds is 3. The number of hydrogen-bond donors (Lipinski definition) is 2. The molecule has 0 heterocycles. The summed E-state index contributed by atoms with van der Waals surface area (Å²) in [5, 5.41) is 9.30. The Bertz CT molecular complexity index is 428. The van der Waals surface area contributed by atoms with Gasteiger partial charge in [-0.15, -0.1) is 0 Å². The molecule has 2 rings (SSSR count). The number of benzene rings is 2. The second-order valence-electron chi connectivity index (χ2n) is 4.22. The van der Waals surface area contributed by atoms with Crippen LogP contribution in [0, 0.1) is 0 Å². The van der Waals surface area contributed by atoms with Gasteiger partial charge in [0, 0.05) is 11.6 Å². The maximum absolute atomic E-state index is 9.30. The van der Waals surface area contributed by atoms with E-state index in [-0.39, 0.29) is 0 Å². The number of aromatic hydroxyl groups is 1. The molecule has 2 heteroatoms. The predicted molar refractivity (Wildman–Crippen MR) is 71.1 cm³/mol. The van der Waals surface area contributed by atoms with Crippen LogP contribution >= 0.6 is 0 Å². The van der Waals surface area contributed by atoms with Crippen LogP contribution in [0.3, 0.4) is 0 Å². The number of nitrogen functional groups attached to an aromatic ring is 1. The first-order valence-electron chi connectivity index (χ1n) is 5.85. The number of phenolic OH excluding ortho intramolecular Hbond substituents is 1. The molecular weight excluding hydrogens is 210 g/mol. The second-order valence-corrected chi connectivity index (χ2v) is 4.22. The van der Waals surface area contributed by atoms with Gasteiger partial charge in [0.15, 0.2) is 0 Å². The van der Waals surface area contributed by atoms with E-state index in [0.29, 0.717) is 11.7 Å². The summed E-state index contributed by atoms with van der Waals surface area (Å²) >= 11 is 0. The van der Waals surface area contributed by atoms with Crippen LogP contribution in [0.5, 0.6) is 5.75 Å². The summed E-state index contributed by atoms with van der Waals surface area (Å²) in [5.41, 5.74) is 8.95. The number of phenols is 1. The number of anilines is 1. The minimum Gasteiger partial charge on any atom is -0.508 e. The predicted octanol–water partition coefficient (Wildman–Crippen LogP) is 3.52. The number of nitrogens with two attached hydrogens (primary N) is 1. The SMILES string of the molecule is CCC(c1ccc(N)cc1)c1ccc(O)cc1. The van der Waals surface area contributed by atoms with Gasteiger partial charge < -0.3 is 10.8 Å². The Morgan fingerprint density at radius 3 is 1.88 bits per heavy atom. The maximum Gasteiger partial charge on any atom is 0.115 e. The summed E-state index contributed by atoms with van der Waals surface area (Å²) in [6.45, 7) is 2.16. The molecule has 0 fully saturated rings. The lowest BCUT2D eigenvalue weighted by molar-refractivity contribution is 0.475. The zero-order chi connectivity index (χ0) is 12.3. The molecule has 0 radical (unpaired) electrons. The summed E-state index contributed by atoms with van der Waals surface area (Å²) in [6.07, 6.45) is 1.02. The fraction of sp³-hybridized carbons (Fsp3) is 0.200. The van der Waals surface area contributed by atoms with Crippen LogP contribution in [-0.2, 0) is 0 Å². The monoisotopic (exact) mass is 227 g/mol. The van der Waals surface area contributed by atoms with E-state index in [0.717, 1.165) is 12.1 Å². The van der Waals surface area contributed by atoms with Crippen molar-refractivity contribution >= 4 is 5.69 Å². The molecule has 0 bridgehead atoms. The van der Waals surface area contributed by atoms with Gasteiger partial charge in [0.2, 0.25) is 0 Å². The van der Waals surface area contributed by atoms with Crippen molar-refractivity contribution in [1.29, 1.82) is 0 Å². The lowest BCUT2D eigenvalue weighted by atomic mass is 9.89. The number of hydrogen-bond acceptors (Lipinski definition) is 2. The first-order valence-corrected chi connectivity index (χ1v) is 5.85. The minimum atomic E-state index is 0.306. The van der Waals surface area contributed by atoms with Gasteiger partial charge in [0.05, 0.1) is 0 Å². The molecule has 17 heavy (non-hydrogen) atoms. The largest absolute Gasteiger partial charge is 0.508 e. The van der Waals surface area contributed by atoms with Crippen LogP contribution in [0.4, 0.5) is 5.69 Å². The van der Waals surface area contributed by atoms with E-state index in [1.54, 1.807) is 12.1 Å². The Hall–Kier alpha value is -1.96. The first kappa shape index (κ1) is 11.5. The minimum absolute atomic E-state index is 0.306. The van der Waals surface area contributed by atoms with Crippen molar-refractivity contribution in [2.24, 2.45) is 0 Å². The molecule has 0 spiro atoms. The molecule has 0 aliphatic carbocycles. The third-order valence-electron chi connectivity index (χ3n) is 3.04. The van der Waals surface area contributed by atoms with Gasteiger partial charge in [-0.1, -0.05) is 31.2 Å². The molecule has 0 saturated heterocycles. The highest BCUT2D eigenvalue weighted by Gasteiger charge is 2.11. The quantitative estimate of drug-likeness (QED) is 0.788. The Balaban J connectivity index is 2.33. The van der Waals surface area contributed by atoms with Gasteiger partial charge in [0.25, 0.3) is 0 Å². The summed E-state index contributed by atoms with van der Waals surface area (Å²) in [6, 6.07) is 15.4. The van der Waals surface area contributed by atoms with Crippen molar-refractivity contribution < 1.29 is 5.11 Å². The zero-order valence-electron chi connectivity index (χ0n) is 9.93. The molecular formula is C15H17NO. The van der Waals surface area contributed by atoms with Gasteiger partial charge >= 0.3 is 0 Å². The summed E-state index contributed by atoms with van der Waals surface area (Å²) < 4.78 is 0. The fourth-order valence-corrected chi connectivity index (χ4v) is 2.10. The standard InChI is InChI=1S/C15H17NO/c1-2-15(11-3-7-13(16)8-4-11)12-5-9-14(17)10-6-12/h3-10,15,17H,2,16H2,1H3. The van der Waals surface area contributed by atoms with Crippen molar-refractivity contribution in [2.75, 3.05) is 5.73 Å². The van der Waals surface area contributed by atoms with Crippen LogP contribution in [0.15, 0.2) is 48.5 Å². The van der Waals surface area contributed by atoms with Crippen molar-refractivity contribution in [1.82, 2.24) is 0 Å². The normalized spacial score (nSPS) is 12.3. The maximum atomic E-state index is 9.30. The highest BCUT2D eigenvalue weighted by atomic mass is 16.3.